The summed E-state index contributed by atoms with van der Waals surface area (Å²) in [4.78, 5) is 23.4. The van der Waals surface area contributed by atoms with Gasteiger partial charge >= 0.3 is 5.97 Å². The van der Waals surface area contributed by atoms with E-state index in [0.29, 0.717) is 0 Å². The maximum Gasteiger partial charge on any atom is 0.331 e. The molecule has 18 heavy (non-hydrogen) atoms. The molecule has 4 heteroatoms. The van der Waals surface area contributed by atoms with E-state index < -0.39 is 17.4 Å². The predicted octanol–water partition coefficient (Wildman–Crippen LogP) is 1.67. The molecular weight excluding hydrogens is 230 g/mol. The predicted molar refractivity (Wildman–Crippen MR) is 68.7 cm³/mol. The van der Waals surface area contributed by atoms with Crippen LogP contribution in [0.25, 0.3) is 0 Å². The van der Waals surface area contributed by atoms with Gasteiger partial charge in [0, 0.05) is 5.41 Å². The van der Waals surface area contributed by atoms with Crippen molar-refractivity contribution in [2.75, 3.05) is 0 Å². The van der Waals surface area contributed by atoms with E-state index in [1.807, 2.05) is 30.3 Å². The van der Waals surface area contributed by atoms with Gasteiger partial charge in [-0.25, -0.2) is 4.79 Å². The number of nitrogens with two attached hydrogens (primary N) is 1. The fraction of sp³-hybridized carbons (Fsp3) is 0.429. The highest BCUT2D eigenvalue weighted by atomic mass is 16.5. The van der Waals surface area contributed by atoms with Crippen LogP contribution >= 0.6 is 0 Å². The number of hydrogen-bond donors (Lipinski definition) is 1. The van der Waals surface area contributed by atoms with Crippen molar-refractivity contribution in [3.05, 3.63) is 35.9 Å². The fourth-order valence-electron chi connectivity index (χ4n) is 1.39. The van der Waals surface area contributed by atoms with E-state index in [9.17, 15) is 9.59 Å². The first-order valence-electron chi connectivity index (χ1n) is 5.83. The number of ketones is 1. The van der Waals surface area contributed by atoms with Crippen LogP contribution < -0.4 is 5.73 Å². The SMILES string of the molecule is CC(C)(C)C(=O)C(N)C(=O)OCc1ccccc1. The molecule has 2 N–H and O–H groups in total. The molecule has 0 spiro atoms. The summed E-state index contributed by atoms with van der Waals surface area (Å²) >= 11 is 0. The molecule has 0 saturated heterocycles. The van der Waals surface area contributed by atoms with Gasteiger partial charge in [0.15, 0.2) is 11.8 Å². The second-order valence-electron chi connectivity index (χ2n) is 5.19. The van der Waals surface area contributed by atoms with Crippen LogP contribution in [-0.2, 0) is 20.9 Å². The van der Waals surface area contributed by atoms with Crippen molar-refractivity contribution in [1.29, 1.82) is 0 Å². The smallest absolute Gasteiger partial charge is 0.331 e. The van der Waals surface area contributed by atoms with Crippen LogP contribution in [0.2, 0.25) is 0 Å². The molecule has 1 rings (SSSR count). The van der Waals surface area contributed by atoms with Crippen molar-refractivity contribution in [1.82, 2.24) is 0 Å². The van der Waals surface area contributed by atoms with Crippen LogP contribution in [0.3, 0.4) is 0 Å². The highest BCUT2D eigenvalue weighted by Gasteiger charge is 2.32. The van der Waals surface area contributed by atoms with Gasteiger partial charge in [-0.3, -0.25) is 4.79 Å². The Bertz CT molecular complexity index is 420. The van der Waals surface area contributed by atoms with Crippen LogP contribution in [0.4, 0.5) is 0 Å². The molecule has 0 aliphatic carbocycles. The minimum absolute atomic E-state index is 0.130. The van der Waals surface area contributed by atoms with Gasteiger partial charge in [0.05, 0.1) is 0 Å². The molecule has 1 atom stereocenters. The van der Waals surface area contributed by atoms with E-state index >= 15 is 0 Å². The van der Waals surface area contributed by atoms with Crippen molar-refractivity contribution >= 4 is 11.8 Å². The summed E-state index contributed by atoms with van der Waals surface area (Å²) in [5, 5.41) is 0. The molecule has 4 nitrogen and oxygen atoms in total. The molecule has 1 unspecified atom stereocenters. The number of carbonyl (C=O) groups is 2. The first-order chi connectivity index (χ1) is 8.32. The molecule has 0 bridgehead atoms. The monoisotopic (exact) mass is 249 g/mol. The minimum atomic E-state index is -1.21. The zero-order valence-electron chi connectivity index (χ0n) is 11.0. The Kier molecular flexibility index (Phi) is 4.62. The first kappa shape index (κ1) is 14.4. The van der Waals surface area contributed by atoms with Crippen molar-refractivity contribution in [3.63, 3.8) is 0 Å². The Morgan fingerprint density at radius 2 is 1.78 bits per heavy atom. The van der Waals surface area contributed by atoms with Gasteiger partial charge in [-0.1, -0.05) is 51.1 Å². The molecule has 0 amide bonds. The summed E-state index contributed by atoms with van der Waals surface area (Å²) in [7, 11) is 0. The third-order valence-electron chi connectivity index (χ3n) is 2.50. The minimum Gasteiger partial charge on any atom is -0.459 e. The average molecular weight is 249 g/mol. The van der Waals surface area contributed by atoms with Gasteiger partial charge in [-0.15, -0.1) is 0 Å². The van der Waals surface area contributed by atoms with E-state index in [1.165, 1.54) is 0 Å². The Labute approximate surface area is 107 Å². The van der Waals surface area contributed by atoms with E-state index in [-0.39, 0.29) is 12.4 Å². The number of esters is 1. The summed E-state index contributed by atoms with van der Waals surface area (Å²) in [6.07, 6.45) is 0. The Morgan fingerprint density at radius 1 is 1.22 bits per heavy atom. The second-order valence-corrected chi connectivity index (χ2v) is 5.19. The zero-order chi connectivity index (χ0) is 13.8. The van der Waals surface area contributed by atoms with Gasteiger partial charge < -0.3 is 10.5 Å². The molecule has 0 aliphatic rings. The van der Waals surface area contributed by atoms with Gasteiger partial charge in [-0.2, -0.15) is 0 Å². The maximum absolute atomic E-state index is 11.8. The number of hydrogen-bond acceptors (Lipinski definition) is 4. The summed E-state index contributed by atoms with van der Waals surface area (Å²) in [5.41, 5.74) is 5.80. The molecule has 0 saturated carbocycles. The van der Waals surface area contributed by atoms with Crippen LogP contribution in [0.1, 0.15) is 26.3 Å². The zero-order valence-corrected chi connectivity index (χ0v) is 11.0. The Hall–Kier alpha value is -1.68. The third kappa shape index (κ3) is 3.96. The molecule has 0 aromatic heterocycles. The lowest BCUT2D eigenvalue weighted by molar-refractivity contribution is -0.150. The average Bonchev–Trinajstić information content (AvgIpc) is 2.34. The molecular formula is C14H19NO3. The molecule has 0 fully saturated rings. The van der Waals surface area contributed by atoms with Crippen LogP contribution in [0.5, 0.6) is 0 Å². The number of ether oxygens (including phenoxy) is 1. The van der Waals surface area contributed by atoms with Gasteiger partial charge in [0.2, 0.25) is 0 Å². The molecule has 0 radical (unpaired) electrons. The largest absolute Gasteiger partial charge is 0.459 e. The Balaban J connectivity index is 2.54. The third-order valence-corrected chi connectivity index (χ3v) is 2.50. The van der Waals surface area contributed by atoms with Crippen LogP contribution in [0.15, 0.2) is 30.3 Å². The van der Waals surface area contributed by atoms with Gasteiger partial charge in [0.25, 0.3) is 0 Å². The summed E-state index contributed by atoms with van der Waals surface area (Å²) in [6.45, 7) is 5.30. The first-order valence-corrected chi connectivity index (χ1v) is 5.83. The number of benzene rings is 1. The molecule has 98 valence electrons. The standard InChI is InChI=1S/C14H19NO3/c1-14(2,3)12(16)11(15)13(17)18-9-10-7-5-4-6-8-10/h4-8,11H,9,15H2,1-3H3. The van der Waals surface area contributed by atoms with E-state index in [1.54, 1.807) is 20.8 Å². The summed E-state index contributed by atoms with van der Waals surface area (Å²) in [6, 6.07) is 8.04. The molecule has 1 aromatic carbocycles. The van der Waals surface area contributed by atoms with Gasteiger partial charge in [-0.05, 0) is 5.56 Å². The van der Waals surface area contributed by atoms with Crippen molar-refractivity contribution < 1.29 is 14.3 Å². The highest BCUT2D eigenvalue weighted by molar-refractivity contribution is 6.05. The van der Waals surface area contributed by atoms with Crippen LogP contribution in [-0.4, -0.2) is 17.8 Å². The maximum atomic E-state index is 11.8. The van der Waals surface area contributed by atoms with E-state index in [2.05, 4.69) is 0 Å². The lowest BCUT2D eigenvalue weighted by atomic mass is 9.87. The second kappa shape index (κ2) is 5.78. The Morgan fingerprint density at radius 3 is 2.28 bits per heavy atom. The van der Waals surface area contributed by atoms with Crippen molar-refractivity contribution in [2.45, 2.75) is 33.4 Å². The lowest BCUT2D eigenvalue weighted by Crippen LogP contribution is -2.45. The molecule has 1 aromatic rings. The quantitative estimate of drug-likeness (QED) is 0.651. The number of rotatable bonds is 4. The normalized spacial score (nSPS) is 12.9. The van der Waals surface area contributed by atoms with E-state index in [0.717, 1.165) is 5.56 Å². The highest BCUT2D eigenvalue weighted by Crippen LogP contribution is 2.16. The van der Waals surface area contributed by atoms with E-state index in [4.69, 9.17) is 10.5 Å². The van der Waals surface area contributed by atoms with Crippen molar-refractivity contribution in [3.8, 4) is 0 Å². The fourth-order valence-corrected chi connectivity index (χ4v) is 1.39. The summed E-state index contributed by atoms with van der Waals surface area (Å²) in [5.74, 6) is -1.00. The van der Waals surface area contributed by atoms with Gasteiger partial charge in [0.1, 0.15) is 6.61 Å². The number of carbonyl (C=O) groups excluding carboxylic acids is 2. The summed E-state index contributed by atoms with van der Waals surface area (Å²) < 4.78 is 5.02. The lowest BCUT2D eigenvalue weighted by Gasteiger charge is -2.20. The molecule has 0 heterocycles. The van der Waals surface area contributed by atoms with Crippen LogP contribution in [0, 0.1) is 5.41 Å². The topological polar surface area (TPSA) is 69.4 Å². The molecule has 0 aliphatic heterocycles. The van der Waals surface area contributed by atoms with Crippen molar-refractivity contribution in [2.24, 2.45) is 11.1 Å². The number of Topliss-reactive ketones (excluding diaryl/α,β-unsaturated/α-hetero) is 1.